The Kier molecular flexibility index (Phi) is 2.53. The van der Waals surface area contributed by atoms with Crippen molar-refractivity contribution in [3.05, 3.63) is 33.4 Å². The minimum Gasteiger partial charge on any atom is -0.366 e. The molecule has 68 valence electrons. The number of benzene rings is 1. The summed E-state index contributed by atoms with van der Waals surface area (Å²) in [4.78, 5) is 4.43. The van der Waals surface area contributed by atoms with Crippen LogP contribution in [0.5, 0.6) is 0 Å². The number of hydrogen-bond acceptors (Lipinski definition) is 2. The first-order valence-corrected chi connectivity index (χ1v) is 5.40. The Morgan fingerprint density at radius 1 is 1.54 bits per heavy atom. The van der Waals surface area contributed by atoms with Gasteiger partial charge in [-0.3, -0.25) is 4.99 Å². The predicted octanol–water partition coefficient (Wildman–Crippen LogP) is 2.03. The van der Waals surface area contributed by atoms with Gasteiger partial charge in [0.25, 0.3) is 0 Å². The number of hydrogen-bond donors (Lipinski definition) is 1. The van der Waals surface area contributed by atoms with Crippen LogP contribution in [0.4, 0.5) is 0 Å². The third kappa shape index (κ3) is 2.02. The highest BCUT2D eigenvalue weighted by Gasteiger charge is 2.13. The molecule has 0 saturated carbocycles. The summed E-state index contributed by atoms with van der Waals surface area (Å²) in [7, 11) is 0. The lowest BCUT2D eigenvalue weighted by Gasteiger charge is -2.05. The van der Waals surface area contributed by atoms with E-state index in [0.717, 1.165) is 12.4 Å². The van der Waals surface area contributed by atoms with Gasteiger partial charge in [-0.2, -0.15) is 0 Å². The fraction of sp³-hybridized carbons (Fsp3) is 0.300. The number of rotatable bonds is 1. The van der Waals surface area contributed by atoms with E-state index in [2.05, 4.69) is 64.1 Å². The van der Waals surface area contributed by atoms with Crippen LogP contribution in [0.2, 0.25) is 0 Å². The molecule has 1 aliphatic heterocycles. The first-order valence-electron chi connectivity index (χ1n) is 4.32. The van der Waals surface area contributed by atoms with Gasteiger partial charge in [0.05, 0.1) is 6.54 Å². The zero-order valence-electron chi connectivity index (χ0n) is 7.42. The molecular formula is C10H11IN2. The fourth-order valence-electron chi connectivity index (χ4n) is 1.36. The van der Waals surface area contributed by atoms with E-state index in [1.54, 1.807) is 0 Å². The van der Waals surface area contributed by atoms with Crippen LogP contribution in [-0.2, 0) is 0 Å². The van der Waals surface area contributed by atoms with Gasteiger partial charge in [0.15, 0.2) is 0 Å². The second-order valence-electron chi connectivity index (χ2n) is 3.25. The van der Waals surface area contributed by atoms with Crippen LogP contribution in [0.15, 0.2) is 29.3 Å². The summed E-state index contributed by atoms with van der Waals surface area (Å²) >= 11 is 2.31. The maximum atomic E-state index is 4.43. The van der Waals surface area contributed by atoms with Crippen molar-refractivity contribution in [3.63, 3.8) is 0 Å². The third-order valence-electron chi connectivity index (χ3n) is 2.00. The second kappa shape index (κ2) is 3.65. The summed E-state index contributed by atoms with van der Waals surface area (Å²) in [6.07, 6.45) is 0. The largest absolute Gasteiger partial charge is 0.366 e. The highest BCUT2D eigenvalue weighted by atomic mass is 127. The molecule has 13 heavy (non-hydrogen) atoms. The van der Waals surface area contributed by atoms with E-state index in [9.17, 15) is 0 Å². The van der Waals surface area contributed by atoms with Crippen molar-refractivity contribution in [2.24, 2.45) is 4.99 Å². The van der Waals surface area contributed by atoms with E-state index in [4.69, 9.17) is 0 Å². The molecule has 0 amide bonds. The highest BCUT2D eigenvalue weighted by Crippen LogP contribution is 2.10. The normalized spacial score (nSPS) is 21.1. The molecule has 0 aliphatic carbocycles. The Morgan fingerprint density at radius 2 is 2.38 bits per heavy atom. The SMILES string of the molecule is CC1CN=C(c2cccc(I)c2)N1. The van der Waals surface area contributed by atoms with E-state index >= 15 is 0 Å². The van der Waals surface area contributed by atoms with Gasteiger partial charge in [0.2, 0.25) is 0 Å². The molecule has 1 unspecified atom stereocenters. The Bertz CT molecular complexity index is 347. The number of nitrogens with one attached hydrogen (secondary N) is 1. The zero-order valence-corrected chi connectivity index (χ0v) is 9.58. The first-order chi connectivity index (χ1) is 6.25. The van der Waals surface area contributed by atoms with E-state index in [-0.39, 0.29) is 0 Å². The standard InChI is InChI=1S/C10H11IN2/c1-7-6-12-10(13-7)8-3-2-4-9(11)5-8/h2-5,7H,6H2,1H3,(H,12,13). The molecule has 0 bridgehead atoms. The highest BCUT2D eigenvalue weighted by molar-refractivity contribution is 14.1. The monoisotopic (exact) mass is 286 g/mol. The van der Waals surface area contributed by atoms with Crippen molar-refractivity contribution >= 4 is 28.4 Å². The molecule has 1 aliphatic rings. The predicted molar refractivity (Wildman–Crippen MR) is 63.2 cm³/mol. The third-order valence-corrected chi connectivity index (χ3v) is 2.68. The average molecular weight is 286 g/mol. The summed E-state index contributed by atoms with van der Waals surface area (Å²) in [5.41, 5.74) is 1.19. The molecule has 1 aromatic carbocycles. The number of amidine groups is 1. The van der Waals surface area contributed by atoms with Crippen molar-refractivity contribution in [1.29, 1.82) is 0 Å². The van der Waals surface area contributed by atoms with Crippen LogP contribution in [-0.4, -0.2) is 18.4 Å². The van der Waals surface area contributed by atoms with Gasteiger partial charge in [-0.25, -0.2) is 0 Å². The Labute approximate surface area is 91.6 Å². The molecule has 3 heteroatoms. The van der Waals surface area contributed by atoms with Gasteiger partial charge >= 0.3 is 0 Å². The molecule has 1 aromatic rings. The summed E-state index contributed by atoms with van der Waals surface area (Å²) < 4.78 is 1.25. The number of aliphatic imine (C=N–C) groups is 1. The van der Waals surface area contributed by atoms with Crippen LogP contribution in [0, 0.1) is 3.57 Å². The van der Waals surface area contributed by atoms with Crippen molar-refractivity contribution in [1.82, 2.24) is 5.32 Å². The number of halogens is 1. The van der Waals surface area contributed by atoms with Gasteiger partial charge in [0, 0.05) is 15.2 Å². The second-order valence-corrected chi connectivity index (χ2v) is 4.49. The maximum Gasteiger partial charge on any atom is 0.128 e. The van der Waals surface area contributed by atoms with E-state index in [1.165, 1.54) is 9.13 Å². The van der Waals surface area contributed by atoms with Crippen molar-refractivity contribution in [2.75, 3.05) is 6.54 Å². The molecule has 0 fully saturated rings. The summed E-state index contributed by atoms with van der Waals surface area (Å²) in [6.45, 7) is 3.03. The Hall–Kier alpha value is -0.580. The molecule has 0 aromatic heterocycles. The summed E-state index contributed by atoms with van der Waals surface area (Å²) in [6, 6.07) is 8.86. The van der Waals surface area contributed by atoms with Crippen LogP contribution >= 0.6 is 22.6 Å². The molecule has 1 N–H and O–H groups in total. The van der Waals surface area contributed by atoms with E-state index < -0.39 is 0 Å². The molecule has 1 heterocycles. The molecule has 2 nitrogen and oxygen atoms in total. The smallest absolute Gasteiger partial charge is 0.128 e. The quantitative estimate of drug-likeness (QED) is 0.785. The minimum absolute atomic E-state index is 0.480. The molecular weight excluding hydrogens is 275 g/mol. The molecule has 0 saturated heterocycles. The van der Waals surface area contributed by atoms with E-state index in [0.29, 0.717) is 6.04 Å². The molecule has 1 atom stereocenters. The molecule has 2 rings (SSSR count). The van der Waals surface area contributed by atoms with Crippen LogP contribution in [0.1, 0.15) is 12.5 Å². The van der Waals surface area contributed by atoms with Crippen LogP contribution < -0.4 is 5.32 Å². The molecule has 0 radical (unpaired) electrons. The van der Waals surface area contributed by atoms with Gasteiger partial charge in [-0.1, -0.05) is 12.1 Å². The van der Waals surface area contributed by atoms with Crippen molar-refractivity contribution in [3.8, 4) is 0 Å². The Balaban J connectivity index is 2.26. The maximum absolute atomic E-state index is 4.43. The molecule has 0 spiro atoms. The van der Waals surface area contributed by atoms with Crippen LogP contribution in [0.25, 0.3) is 0 Å². The van der Waals surface area contributed by atoms with Crippen molar-refractivity contribution in [2.45, 2.75) is 13.0 Å². The van der Waals surface area contributed by atoms with E-state index in [1.807, 2.05) is 0 Å². The fourth-order valence-corrected chi connectivity index (χ4v) is 1.91. The lowest BCUT2D eigenvalue weighted by atomic mass is 10.2. The Morgan fingerprint density at radius 3 is 3.00 bits per heavy atom. The van der Waals surface area contributed by atoms with Gasteiger partial charge < -0.3 is 5.32 Å². The van der Waals surface area contributed by atoms with Crippen LogP contribution in [0.3, 0.4) is 0 Å². The first kappa shape index (κ1) is 8.99. The number of nitrogens with zero attached hydrogens (tertiary/aromatic N) is 1. The lowest BCUT2D eigenvalue weighted by Crippen LogP contribution is -2.27. The van der Waals surface area contributed by atoms with Gasteiger partial charge in [0.1, 0.15) is 5.84 Å². The lowest BCUT2D eigenvalue weighted by molar-refractivity contribution is 0.726. The average Bonchev–Trinajstić information content (AvgIpc) is 2.52. The van der Waals surface area contributed by atoms with Crippen molar-refractivity contribution < 1.29 is 0 Å². The zero-order chi connectivity index (χ0) is 9.26. The van der Waals surface area contributed by atoms with Gasteiger partial charge in [-0.15, -0.1) is 0 Å². The topological polar surface area (TPSA) is 24.4 Å². The minimum atomic E-state index is 0.480. The summed E-state index contributed by atoms with van der Waals surface area (Å²) in [5.74, 6) is 1.03. The summed E-state index contributed by atoms with van der Waals surface area (Å²) in [5, 5.41) is 3.34. The van der Waals surface area contributed by atoms with Gasteiger partial charge in [-0.05, 0) is 41.6 Å².